The van der Waals surface area contributed by atoms with Gasteiger partial charge < -0.3 is 21.5 Å². The third kappa shape index (κ3) is 2.95. The average molecular weight is 257 g/mol. The zero-order valence-electron chi connectivity index (χ0n) is 10.5. The van der Waals surface area contributed by atoms with E-state index in [9.17, 15) is 4.79 Å². The van der Waals surface area contributed by atoms with Crippen molar-refractivity contribution in [2.24, 2.45) is 5.73 Å². The van der Waals surface area contributed by atoms with Gasteiger partial charge in [0, 0.05) is 11.4 Å². The topological polar surface area (TPSA) is 90.4 Å². The minimum atomic E-state index is -0.525. The minimum absolute atomic E-state index is 0.357. The second kappa shape index (κ2) is 5.30. The summed E-state index contributed by atoms with van der Waals surface area (Å²) < 4.78 is 5.08. The van der Waals surface area contributed by atoms with Crippen molar-refractivity contribution in [1.29, 1.82) is 0 Å². The van der Waals surface area contributed by atoms with Gasteiger partial charge in [0.1, 0.15) is 5.75 Å². The molecule has 98 valence electrons. The number of ether oxygens (including phenoxy) is 1. The third-order valence-corrected chi connectivity index (χ3v) is 2.68. The summed E-state index contributed by atoms with van der Waals surface area (Å²) in [4.78, 5) is 11.4. The Bertz CT molecular complexity index is 594. The molecule has 0 aliphatic carbocycles. The lowest BCUT2D eigenvalue weighted by atomic mass is 10.1. The molecular weight excluding hydrogens is 242 g/mol. The van der Waals surface area contributed by atoms with Crippen LogP contribution in [0.25, 0.3) is 0 Å². The Hall–Kier alpha value is -2.69. The van der Waals surface area contributed by atoms with Crippen molar-refractivity contribution >= 4 is 23.0 Å². The van der Waals surface area contributed by atoms with Crippen molar-refractivity contribution in [2.75, 3.05) is 18.2 Å². The van der Waals surface area contributed by atoms with Crippen molar-refractivity contribution in [3.8, 4) is 5.75 Å². The van der Waals surface area contributed by atoms with E-state index < -0.39 is 5.91 Å². The first-order valence-electron chi connectivity index (χ1n) is 5.70. The summed E-state index contributed by atoms with van der Waals surface area (Å²) in [5.74, 6) is 0.237. The molecule has 0 radical (unpaired) electrons. The Morgan fingerprint density at radius 2 is 1.84 bits per heavy atom. The molecule has 0 atom stereocenters. The fourth-order valence-electron chi connectivity index (χ4n) is 1.70. The molecule has 2 rings (SSSR count). The highest BCUT2D eigenvalue weighted by atomic mass is 16.5. The highest BCUT2D eigenvalue weighted by molar-refractivity contribution is 6.00. The predicted molar refractivity (Wildman–Crippen MR) is 75.6 cm³/mol. The molecule has 2 aromatic rings. The standard InChI is InChI=1S/C14H15N3O2/c1-19-11-5-3-10(4-6-11)17-13-7-2-9(15)8-12(13)14(16)18/h2-8,17H,15H2,1H3,(H2,16,18). The Morgan fingerprint density at radius 3 is 2.42 bits per heavy atom. The van der Waals surface area contributed by atoms with E-state index in [4.69, 9.17) is 16.2 Å². The molecule has 5 N–H and O–H groups in total. The van der Waals surface area contributed by atoms with E-state index in [1.165, 1.54) is 0 Å². The van der Waals surface area contributed by atoms with Crippen LogP contribution in [0, 0.1) is 0 Å². The molecule has 5 nitrogen and oxygen atoms in total. The van der Waals surface area contributed by atoms with Gasteiger partial charge in [-0.05, 0) is 42.5 Å². The van der Waals surface area contributed by atoms with Crippen molar-refractivity contribution in [2.45, 2.75) is 0 Å². The van der Waals surface area contributed by atoms with E-state index >= 15 is 0 Å². The number of anilines is 3. The number of nitrogen functional groups attached to an aromatic ring is 1. The molecule has 0 unspecified atom stereocenters. The monoisotopic (exact) mass is 257 g/mol. The second-order valence-electron chi connectivity index (χ2n) is 4.02. The number of rotatable bonds is 4. The maximum absolute atomic E-state index is 11.4. The van der Waals surface area contributed by atoms with E-state index in [1.807, 2.05) is 24.3 Å². The summed E-state index contributed by atoms with van der Waals surface area (Å²) in [6.45, 7) is 0. The van der Waals surface area contributed by atoms with Gasteiger partial charge in [0.25, 0.3) is 5.91 Å². The van der Waals surface area contributed by atoms with Crippen LogP contribution >= 0.6 is 0 Å². The van der Waals surface area contributed by atoms with Gasteiger partial charge in [-0.25, -0.2) is 0 Å². The first kappa shape index (κ1) is 12.8. The van der Waals surface area contributed by atoms with Crippen LogP contribution in [-0.2, 0) is 0 Å². The number of hydrogen-bond acceptors (Lipinski definition) is 4. The van der Waals surface area contributed by atoms with Crippen LogP contribution in [0.5, 0.6) is 5.75 Å². The van der Waals surface area contributed by atoms with Crippen LogP contribution in [0.2, 0.25) is 0 Å². The largest absolute Gasteiger partial charge is 0.497 e. The molecule has 0 aliphatic rings. The summed E-state index contributed by atoms with van der Waals surface area (Å²) in [5.41, 5.74) is 13.3. The Labute approximate surface area is 111 Å². The fraction of sp³-hybridized carbons (Fsp3) is 0.0714. The highest BCUT2D eigenvalue weighted by Gasteiger charge is 2.08. The normalized spacial score (nSPS) is 9.95. The van der Waals surface area contributed by atoms with Crippen molar-refractivity contribution < 1.29 is 9.53 Å². The number of benzene rings is 2. The summed E-state index contributed by atoms with van der Waals surface area (Å²) in [6.07, 6.45) is 0. The first-order chi connectivity index (χ1) is 9.10. The van der Waals surface area contributed by atoms with E-state index in [-0.39, 0.29) is 0 Å². The number of carbonyl (C=O) groups is 1. The first-order valence-corrected chi connectivity index (χ1v) is 5.70. The molecule has 0 aromatic heterocycles. The third-order valence-electron chi connectivity index (χ3n) is 2.68. The number of methoxy groups -OCH3 is 1. The Kier molecular flexibility index (Phi) is 3.56. The molecule has 0 heterocycles. The van der Waals surface area contributed by atoms with Gasteiger partial charge >= 0.3 is 0 Å². The Morgan fingerprint density at radius 1 is 1.16 bits per heavy atom. The zero-order chi connectivity index (χ0) is 13.8. The van der Waals surface area contributed by atoms with Crippen LogP contribution in [0.15, 0.2) is 42.5 Å². The minimum Gasteiger partial charge on any atom is -0.497 e. The van der Waals surface area contributed by atoms with Gasteiger partial charge in [0.2, 0.25) is 0 Å². The molecule has 0 saturated heterocycles. The Balaban J connectivity index is 2.29. The SMILES string of the molecule is COc1ccc(Nc2ccc(N)cc2C(N)=O)cc1. The van der Waals surface area contributed by atoms with Crippen LogP contribution in [-0.4, -0.2) is 13.0 Å². The van der Waals surface area contributed by atoms with E-state index in [0.29, 0.717) is 16.9 Å². The molecular formula is C14H15N3O2. The van der Waals surface area contributed by atoms with Crippen LogP contribution in [0.4, 0.5) is 17.1 Å². The molecule has 0 aliphatic heterocycles. The zero-order valence-corrected chi connectivity index (χ0v) is 10.5. The lowest BCUT2D eigenvalue weighted by molar-refractivity contribution is 0.100. The highest BCUT2D eigenvalue weighted by Crippen LogP contribution is 2.24. The van der Waals surface area contributed by atoms with Crippen molar-refractivity contribution in [3.05, 3.63) is 48.0 Å². The van der Waals surface area contributed by atoms with Gasteiger partial charge in [-0.2, -0.15) is 0 Å². The average Bonchev–Trinajstić information content (AvgIpc) is 2.41. The molecule has 0 bridgehead atoms. The lowest BCUT2D eigenvalue weighted by Gasteiger charge is -2.11. The van der Waals surface area contributed by atoms with Crippen molar-refractivity contribution in [1.82, 2.24) is 0 Å². The van der Waals surface area contributed by atoms with Crippen LogP contribution < -0.4 is 21.5 Å². The van der Waals surface area contributed by atoms with Crippen LogP contribution in [0.3, 0.4) is 0 Å². The molecule has 0 saturated carbocycles. The van der Waals surface area contributed by atoms with Gasteiger partial charge in [0.15, 0.2) is 0 Å². The van der Waals surface area contributed by atoms with E-state index in [0.717, 1.165) is 11.4 Å². The van der Waals surface area contributed by atoms with Crippen LogP contribution in [0.1, 0.15) is 10.4 Å². The number of carbonyl (C=O) groups excluding carboxylic acids is 1. The number of amides is 1. The molecule has 1 amide bonds. The van der Waals surface area contributed by atoms with E-state index in [1.54, 1.807) is 25.3 Å². The summed E-state index contributed by atoms with van der Waals surface area (Å²) in [6, 6.07) is 12.3. The van der Waals surface area contributed by atoms with Gasteiger partial charge in [-0.3, -0.25) is 4.79 Å². The van der Waals surface area contributed by atoms with Gasteiger partial charge in [-0.15, -0.1) is 0 Å². The molecule has 19 heavy (non-hydrogen) atoms. The fourth-order valence-corrected chi connectivity index (χ4v) is 1.70. The van der Waals surface area contributed by atoms with Crippen molar-refractivity contribution in [3.63, 3.8) is 0 Å². The van der Waals surface area contributed by atoms with E-state index in [2.05, 4.69) is 5.32 Å². The molecule has 5 heteroatoms. The lowest BCUT2D eigenvalue weighted by Crippen LogP contribution is -2.13. The predicted octanol–water partition coefficient (Wildman–Crippen LogP) is 2.12. The molecule has 0 spiro atoms. The number of primary amides is 1. The maximum Gasteiger partial charge on any atom is 0.250 e. The summed E-state index contributed by atoms with van der Waals surface area (Å²) in [5, 5.41) is 3.12. The smallest absolute Gasteiger partial charge is 0.250 e. The summed E-state index contributed by atoms with van der Waals surface area (Å²) >= 11 is 0. The quantitative estimate of drug-likeness (QED) is 0.732. The van der Waals surface area contributed by atoms with Gasteiger partial charge in [0.05, 0.1) is 18.4 Å². The summed E-state index contributed by atoms with van der Waals surface area (Å²) in [7, 11) is 1.60. The number of hydrogen-bond donors (Lipinski definition) is 3. The molecule has 2 aromatic carbocycles. The second-order valence-corrected chi connectivity index (χ2v) is 4.02. The molecule has 0 fully saturated rings. The maximum atomic E-state index is 11.4. The number of nitrogens with two attached hydrogens (primary N) is 2. The van der Waals surface area contributed by atoms with Gasteiger partial charge in [-0.1, -0.05) is 0 Å². The number of nitrogens with one attached hydrogen (secondary N) is 1.